The Morgan fingerprint density at radius 3 is 2.60 bits per heavy atom. The topological polar surface area (TPSA) is 83.1 Å². The lowest BCUT2D eigenvalue weighted by molar-refractivity contribution is -0.126. The van der Waals surface area contributed by atoms with E-state index < -0.39 is 11.8 Å². The van der Waals surface area contributed by atoms with Crippen LogP contribution in [0.4, 0.5) is 0 Å². The summed E-state index contributed by atoms with van der Waals surface area (Å²) in [6.45, 7) is 3.47. The molecule has 0 radical (unpaired) electrons. The number of nitrogens with one attached hydrogen (secondary N) is 1. The van der Waals surface area contributed by atoms with Crippen molar-refractivity contribution in [1.82, 2.24) is 5.32 Å². The molecular formula is C19H13ClN2O3. The van der Waals surface area contributed by atoms with Gasteiger partial charge in [-0.1, -0.05) is 23.7 Å². The van der Waals surface area contributed by atoms with E-state index in [0.717, 1.165) is 11.1 Å². The molecule has 124 valence electrons. The molecule has 0 bridgehead atoms. The molecule has 25 heavy (non-hydrogen) atoms. The van der Waals surface area contributed by atoms with Gasteiger partial charge < -0.3 is 4.42 Å². The van der Waals surface area contributed by atoms with Gasteiger partial charge in [-0.3, -0.25) is 14.9 Å². The summed E-state index contributed by atoms with van der Waals surface area (Å²) in [4.78, 5) is 23.7. The van der Waals surface area contributed by atoms with Crippen LogP contribution in [0.1, 0.15) is 18.2 Å². The van der Waals surface area contributed by atoms with E-state index in [9.17, 15) is 9.59 Å². The van der Waals surface area contributed by atoms with Gasteiger partial charge in [0.25, 0.3) is 11.8 Å². The SMILES string of the molecule is CC1=C(C#N)C(=O)NC(=O)/C1=C\c1ccc(-c2ccc(C)c(Cl)c2)o1. The average molecular weight is 353 g/mol. The highest BCUT2D eigenvalue weighted by Crippen LogP contribution is 2.29. The number of carbonyl (C=O) groups excluding carboxylic acids is 2. The van der Waals surface area contributed by atoms with E-state index in [4.69, 9.17) is 21.3 Å². The lowest BCUT2D eigenvalue weighted by atomic mass is 9.96. The standard InChI is InChI=1S/C19H13ClN2O3/c1-10-3-4-12(7-16(10)20)17-6-5-13(25-17)8-14-11(2)15(9-21)19(24)22-18(14)23/h3-8H,1-2H3,(H,22,23,24)/b14-8-. The van der Waals surface area contributed by atoms with Crippen LogP contribution in [0.5, 0.6) is 0 Å². The fraction of sp³-hybridized carbons (Fsp3) is 0.105. The van der Waals surface area contributed by atoms with Crippen molar-refractivity contribution in [2.45, 2.75) is 13.8 Å². The fourth-order valence-electron chi connectivity index (χ4n) is 2.49. The van der Waals surface area contributed by atoms with E-state index >= 15 is 0 Å². The Morgan fingerprint density at radius 1 is 1.16 bits per heavy atom. The third-order valence-electron chi connectivity index (χ3n) is 3.96. The maximum Gasteiger partial charge on any atom is 0.269 e. The van der Waals surface area contributed by atoms with E-state index in [1.807, 2.05) is 25.1 Å². The Hall–Kier alpha value is -3.10. The first-order valence-electron chi connectivity index (χ1n) is 7.46. The molecule has 6 heteroatoms. The predicted molar refractivity (Wildman–Crippen MR) is 93.3 cm³/mol. The largest absolute Gasteiger partial charge is 0.457 e. The molecule has 0 fully saturated rings. The van der Waals surface area contributed by atoms with Gasteiger partial charge in [-0.05, 0) is 49.3 Å². The van der Waals surface area contributed by atoms with Gasteiger partial charge in [-0.25, -0.2) is 0 Å². The van der Waals surface area contributed by atoms with Gasteiger partial charge >= 0.3 is 0 Å². The van der Waals surface area contributed by atoms with Gasteiger partial charge in [-0.15, -0.1) is 0 Å². The molecule has 0 atom stereocenters. The molecule has 5 nitrogen and oxygen atoms in total. The molecule has 0 aliphatic carbocycles. The molecule has 0 spiro atoms. The van der Waals surface area contributed by atoms with Crippen LogP contribution in [0.2, 0.25) is 5.02 Å². The number of amides is 2. The molecule has 2 heterocycles. The predicted octanol–water partition coefficient (Wildman–Crippen LogP) is 3.79. The summed E-state index contributed by atoms with van der Waals surface area (Å²) < 4.78 is 5.75. The normalized spacial score (nSPS) is 16.2. The molecule has 1 aliphatic heterocycles. The Bertz CT molecular complexity index is 1010. The second-order valence-corrected chi connectivity index (χ2v) is 6.03. The van der Waals surface area contributed by atoms with Crippen LogP contribution >= 0.6 is 11.6 Å². The summed E-state index contributed by atoms with van der Waals surface area (Å²) in [5, 5.41) is 11.8. The summed E-state index contributed by atoms with van der Waals surface area (Å²) >= 11 is 6.13. The third kappa shape index (κ3) is 3.12. The average Bonchev–Trinajstić information content (AvgIpc) is 3.03. The van der Waals surface area contributed by atoms with Gasteiger partial charge in [0, 0.05) is 16.2 Å². The minimum Gasteiger partial charge on any atom is -0.457 e. The molecule has 1 aromatic heterocycles. The van der Waals surface area contributed by atoms with E-state index in [1.54, 1.807) is 25.1 Å². The summed E-state index contributed by atoms with van der Waals surface area (Å²) in [5.41, 5.74) is 2.25. The number of aryl methyl sites for hydroxylation is 1. The number of benzene rings is 1. The van der Waals surface area contributed by atoms with E-state index in [-0.39, 0.29) is 11.1 Å². The van der Waals surface area contributed by atoms with Crippen molar-refractivity contribution < 1.29 is 14.0 Å². The highest BCUT2D eigenvalue weighted by atomic mass is 35.5. The Labute approximate surface area is 149 Å². The lowest BCUT2D eigenvalue weighted by Crippen LogP contribution is -2.37. The zero-order valence-electron chi connectivity index (χ0n) is 13.5. The third-order valence-corrected chi connectivity index (χ3v) is 4.37. The van der Waals surface area contributed by atoms with Crippen LogP contribution < -0.4 is 5.32 Å². The number of imide groups is 1. The van der Waals surface area contributed by atoms with Gasteiger partial charge in [0.15, 0.2) is 0 Å². The smallest absolute Gasteiger partial charge is 0.269 e. The number of halogens is 1. The summed E-state index contributed by atoms with van der Waals surface area (Å²) in [6.07, 6.45) is 1.51. The molecule has 2 aromatic rings. The highest BCUT2D eigenvalue weighted by molar-refractivity contribution is 6.31. The zero-order chi connectivity index (χ0) is 18.1. The summed E-state index contributed by atoms with van der Waals surface area (Å²) in [6, 6.07) is 10.9. The highest BCUT2D eigenvalue weighted by Gasteiger charge is 2.27. The van der Waals surface area contributed by atoms with Crippen LogP contribution in [-0.4, -0.2) is 11.8 Å². The molecule has 3 rings (SSSR count). The van der Waals surface area contributed by atoms with Gasteiger partial charge in [0.1, 0.15) is 23.2 Å². The molecule has 1 aliphatic rings. The first kappa shape index (κ1) is 16.7. The van der Waals surface area contributed by atoms with Crippen molar-refractivity contribution in [2.75, 3.05) is 0 Å². The molecule has 0 saturated carbocycles. The fourth-order valence-corrected chi connectivity index (χ4v) is 2.67. The number of furan rings is 1. The molecule has 1 N–H and O–H groups in total. The monoisotopic (exact) mass is 352 g/mol. The molecular weight excluding hydrogens is 340 g/mol. The van der Waals surface area contributed by atoms with Crippen LogP contribution in [0.3, 0.4) is 0 Å². The van der Waals surface area contributed by atoms with Gasteiger partial charge in [-0.2, -0.15) is 5.26 Å². The van der Waals surface area contributed by atoms with Crippen molar-refractivity contribution in [1.29, 1.82) is 5.26 Å². The number of carbonyl (C=O) groups is 2. The molecule has 0 saturated heterocycles. The van der Waals surface area contributed by atoms with Crippen molar-refractivity contribution in [2.24, 2.45) is 0 Å². The van der Waals surface area contributed by atoms with Crippen molar-refractivity contribution >= 4 is 29.5 Å². The Morgan fingerprint density at radius 2 is 1.92 bits per heavy atom. The van der Waals surface area contributed by atoms with Gasteiger partial charge in [0.05, 0.1) is 0 Å². The Kier molecular flexibility index (Phi) is 4.30. The van der Waals surface area contributed by atoms with Gasteiger partial charge in [0.2, 0.25) is 0 Å². The maximum atomic E-state index is 12.0. The van der Waals surface area contributed by atoms with Crippen LogP contribution in [-0.2, 0) is 9.59 Å². The van der Waals surface area contributed by atoms with Crippen molar-refractivity contribution in [3.8, 4) is 17.4 Å². The van der Waals surface area contributed by atoms with E-state index in [2.05, 4.69) is 5.32 Å². The van der Waals surface area contributed by atoms with Crippen LogP contribution in [0, 0.1) is 18.3 Å². The van der Waals surface area contributed by atoms with Crippen molar-refractivity contribution in [3.63, 3.8) is 0 Å². The quantitative estimate of drug-likeness (QED) is 0.658. The number of hydrogen-bond donors (Lipinski definition) is 1. The number of hydrogen-bond acceptors (Lipinski definition) is 4. The minimum absolute atomic E-state index is 0.0806. The second-order valence-electron chi connectivity index (χ2n) is 5.62. The maximum absolute atomic E-state index is 12.0. The van der Waals surface area contributed by atoms with E-state index in [1.165, 1.54) is 6.08 Å². The second kappa shape index (κ2) is 6.42. The van der Waals surface area contributed by atoms with Crippen LogP contribution in [0.15, 0.2) is 51.5 Å². The first-order chi connectivity index (χ1) is 11.9. The van der Waals surface area contributed by atoms with Crippen molar-refractivity contribution in [3.05, 3.63) is 63.4 Å². The summed E-state index contributed by atoms with van der Waals surface area (Å²) in [5.74, 6) is -0.208. The zero-order valence-corrected chi connectivity index (χ0v) is 14.3. The Balaban J connectivity index is 2.00. The number of rotatable bonds is 2. The number of nitriles is 1. The lowest BCUT2D eigenvalue weighted by Gasteiger charge is -2.15. The molecule has 0 unspecified atom stereocenters. The number of nitrogens with zero attached hydrogens (tertiary/aromatic N) is 1. The summed E-state index contributed by atoms with van der Waals surface area (Å²) in [7, 11) is 0. The first-order valence-corrected chi connectivity index (χ1v) is 7.83. The van der Waals surface area contributed by atoms with Crippen LogP contribution in [0.25, 0.3) is 17.4 Å². The van der Waals surface area contributed by atoms with E-state index in [0.29, 0.717) is 22.1 Å². The molecule has 1 aromatic carbocycles. The molecule has 2 amide bonds. The minimum atomic E-state index is -0.684.